The fourth-order valence-electron chi connectivity index (χ4n) is 2.63. The van der Waals surface area contributed by atoms with Gasteiger partial charge in [-0.3, -0.25) is 0 Å². The minimum atomic E-state index is 0.631. The van der Waals surface area contributed by atoms with Crippen molar-refractivity contribution in [2.45, 2.75) is 18.8 Å². The van der Waals surface area contributed by atoms with Crippen LogP contribution in [0.15, 0.2) is 42.7 Å². The van der Waals surface area contributed by atoms with E-state index in [-0.39, 0.29) is 0 Å². The first-order chi connectivity index (χ1) is 8.95. The Morgan fingerprint density at radius 2 is 1.67 bits per heavy atom. The van der Waals surface area contributed by atoms with Gasteiger partial charge >= 0.3 is 0 Å². The molecule has 0 radical (unpaired) electrons. The highest BCUT2D eigenvalue weighted by Gasteiger charge is 2.19. The molecule has 1 fully saturated rings. The molecule has 1 aromatic heterocycles. The Kier molecular flexibility index (Phi) is 3.33. The molecule has 3 heteroatoms. The van der Waals surface area contributed by atoms with Crippen LogP contribution in [-0.2, 0) is 0 Å². The first-order valence-corrected chi connectivity index (χ1v) is 6.52. The molecule has 1 aliphatic rings. The highest BCUT2D eigenvalue weighted by molar-refractivity contribution is 5.60. The molecule has 2 aromatic rings. The van der Waals surface area contributed by atoms with E-state index in [9.17, 15) is 0 Å². The Hall–Kier alpha value is -1.74. The highest BCUT2D eigenvalue weighted by atomic mass is 14.9. The van der Waals surface area contributed by atoms with E-state index in [1.165, 1.54) is 24.0 Å². The third kappa shape index (κ3) is 2.27. The monoisotopic (exact) mass is 239 g/mol. The van der Waals surface area contributed by atoms with E-state index in [1.807, 2.05) is 18.5 Å². The Morgan fingerprint density at radius 1 is 0.944 bits per heavy atom. The summed E-state index contributed by atoms with van der Waals surface area (Å²) in [4.78, 5) is 8.76. The van der Waals surface area contributed by atoms with Crippen molar-refractivity contribution in [3.05, 3.63) is 48.3 Å². The Labute approximate surface area is 107 Å². The van der Waals surface area contributed by atoms with E-state index in [1.54, 1.807) is 0 Å². The largest absolute Gasteiger partial charge is 0.317 e. The lowest BCUT2D eigenvalue weighted by Gasteiger charge is -2.24. The van der Waals surface area contributed by atoms with Gasteiger partial charge in [-0.1, -0.05) is 24.3 Å². The Balaban J connectivity index is 1.99. The maximum absolute atomic E-state index is 4.38. The van der Waals surface area contributed by atoms with Gasteiger partial charge in [0.05, 0.1) is 0 Å². The molecule has 3 rings (SSSR count). The van der Waals surface area contributed by atoms with Gasteiger partial charge in [-0.25, -0.2) is 9.97 Å². The Bertz CT molecular complexity index is 504. The first-order valence-electron chi connectivity index (χ1n) is 6.52. The standard InChI is InChI=1S/C15H17N3/c1-2-5-14(15-17-8-3-9-18-15)13(4-1)12-6-10-16-11-7-12/h1-5,8-9,12,16H,6-7,10-11H2. The van der Waals surface area contributed by atoms with Gasteiger partial charge in [-0.15, -0.1) is 0 Å². The van der Waals surface area contributed by atoms with Crippen LogP contribution >= 0.6 is 0 Å². The molecule has 0 bridgehead atoms. The van der Waals surface area contributed by atoms with Gasteiger partial charge in [0.2, 0.25) is 0 Å². The number of benzene rings is 1. The van der Waals surface area contributed by atoms with Gasteiger partial charge < -0.3 is 5.32 Å². The number of piperidine rings is 1. The highest BCUT2D eigenvalue weighted by Crippen LogP contribution is 2.32. The zero-order valence-corrected chi connectivity index (χ0v) is 10.3. The second kappa shape index (κ2) is 5.27. The molecule has 0 spiro atoms. The van der Waals surface area contributed by atoms with Gasteiger partial charge in [0.1, 0.15) is 0 Å². The summed E-state index contributed by atoms with van der Waals surface area (Å²) in [5.74, 6) is 1.47. The molecule has 0 unspecified atom stereocenters. The van der Waals surface area contributed by atoms with E-state index < -0.39 is 0 Å². The van der Waals surface area contributed by atoms with E-state index in [4.69, 9.17) is 0 Å². The molecular formula is C15H17N3. The van der Waals surface area contributed by atoms with E-state index in [0.717, 1.165) is 18.9 Å². The summed E-state index contributed by atoms with van der Waals surface area (Å²) in [5.41, 5.74) is 2.58. The third-order valence-corrected chi connectivity index (χ3v) is 3.55. The summed E-state index contributed by atoms with van der Waals surface area (Å²) in [7, 11) is 0. The molecule has 2 heterocycles. The van der Waals surface area contributed by atoms with Gasteiger partial charge in [-0.2, -0.15) is 0 Å². The van der Waals surface area contributed by atoms with Crippen LogP contribution in [0.3, 0.4) is 0 Å². The fourth-order valence-corrected chi connectivity index (χ4v) is 2.63. The minimum Gasteiger partial charge on any atom is -0.317 e. The van der Waals surface area contributed by atoms with Crippen molar-refractivity contribution < 1.29 is 0 Å². The van der Waals surface area contributed by atoms with Gasteiger partial charge in [0.25, 0.3) is 0 Å². The lowest BCUT2D eigenvalue weighted by atomic mass is 9.87. The average molecular weight is 239 g/mol. The summed E-state index contributed by atoms with van der Waals surface area (Å²) in [6.07, 6.45) is 6.01. The summed E-state index contributed by atoms with van der Waals surface area (Å²) in [6.45, 7) is 2.21. The van der Waals surface area contributed by atoms with Crippen LogP contribution in [0.2, 0.25) is 0 Å². The summed E-state index contributed by atoms with van der Waals surface area (Å²) in [6, 6.07) is 10.4. The lowest BCUT2D eigenvalue weighted by molar-refractivity contribution is 0.461. The molecule has 92 valence electrons. The zero-order valence-electron chi connectivity index (χ0n) is 10.3. The van der Waals surface area contributed by atoms with E-state index in [0.29, 0.717) is 5.92 Å². The van der Waals surface area contributed by atoms with E-state index in [2.05, 4.69) is 39.6 Å². The average Bonchev–Trinajstić information content (AvgIpc) is 2.49. The molecule has 1 N–H and O–H groups in total. The van der Waals surface area contributed by atoms with Crippen LogP contribution in [0.25, 0.3) is 11.4 Å². The number of hydrogen-bond acceptors (Lipinski definition) is 3. The van der Waals surface area contributed by atoms with Crippen LogP contribution < -0.4 is 5.32 Å². The SMILES string of the molecule is c1cnc(-c2ccccc2C2CCNCC2)nc1. The topological polar surface area (TPSA) is 37.8 Å². The summed E-state index contributed by atoms with van der Waals surface area (Å²) < 4.78 is 0. The Morgan fingerprint density at radius 3 is 2.44 bits per heavy atom. The van der Waals surface area contributed by atoms with Crippen LogP contribution in [0.1, 0.15) is 24.3 Å². The fraction of sp³-hybridized carbons (Fsp3) is 0.333. The number of aromatic nitrogens is 2. The molecule has 18 heavy (non-hydrogen) atoms. The number of nitrogens with one attached hydrogen (secondary N) is 1. The minimum absolute atomic E-state index is 0.631. The molecule has 1 aliphatic heterocycles. The maximum atomic E-state index is 4.38. The van der Waals surface area contributed by atoms with E-state index >= 15 is 0 Å². The van der Waals surface area contributed by atoms with Crippen molar-refractivity contribution >= 4 is 0 Å². The second-order valence-electron chi connectivity index (χ2n) is 4.68. The molecule has 1 aromatic carbocycles. The van der Waals surface area contributed by atoms with Crippen molar-refractivity contribution in [1.29, 1.82) is 0 Å². The van der Waals surface area contributed by atoms with Crippen molar-refractivity contribution in [3.63, 3.8) is 0 Å². The smallest absolute Gasteiger partial charge is 0.159 e. The number of rotatable bonds is 2. The first kappa shape index (κ1) is 11.4. The van der Waals surface area contributed by atoms with Crippen LogP contribution in [0, 0.1) is 0 Å². The third-order valence-electron chi connectivity index (χ3n) is 3.55. The quantitative estimate of drug-likeness (QED) is 0.875. The molecule has 0 amide bonds. The summed E-state index contributed by atoms with van der Waals surface area (Å²) >= 11 is 0. The van der Waals surface area contributed by atoms with Crippen LogP contribution in [0.5, 0.6) is 0 Å². The predicted octanol–water partition coefficient (Wildman–Crippen LogP) is 2.61. The molecule has 0 atom stereocenters. The summed E-state index contributed by atoms with van der Waals surface area (Å²) in [5, 5.41) is 3.41. The normalized spacial score (nSPS) is 16.7. The van der Waals surface area contributed by atoms with Crippen LogP contribution in [-0.4, -0.2) is 23.1 Å². The maximum Gasteiger partial charge on any atom is 0.159 e. The molecule has 0 saturated carbocycles. The second-order valence-corrected chi connectivity index (χ2v) is 4.68. The van der Waals surface area contributed by atoms with Crippen LogP contribution in [0.4, 0.5) is 0 Å². The van der Waals surface area contributed by atoms with Crippen molar-refractivity contribution in [1.82, 2.24) is 15.3 Å². The predicted molar refractivity (Wildman–Crippen MR) is 72.3 cm³/mol. The molecular weight excluding hydrogens is 222 g/mol. The van der Waals surface area contributed by atoms with Gasteiger partial charge in [-0.05, 0) is 43.5 Å². The molecule has 3 nitrogen and oxygen atoms in total. The lowest BCUT2D eigenvalue weighted by Crippen LogP contribution is -2.26. The van der Waals surface area contributed by atoms with Gasteiger partial charge in [0.15, 0.2) is 5.82 Å². The van der Waals surface area contributed by atoms with Gasteiger partial charge in [0, 0.05) is 18.0 Å². The number of hydrogen-bond donors (Lipinski definition) is 1. The number of nitrogens with zero attached hydrogens (tertiary/aromatic N) is 2. The van der Waals surface area contributed by atoms with Crippen molar-refractivity contribution in [3.8, 4) is 11.4 Å². The van der Waals surface area contributed by atoms with Crippen molar-refractivity contribution in [2.75, 3.05) is 13.1 Å². The molecule has 0 aliphatic carbocycles. The molecule has 1 saturated heterocycles. The zero-order chi connectivity index (χ0) is 12.2. The van der Waals surface area contributed by atoms with Crippen molar-refractivity contribution in [2.24, 2.45) is 0 Å².